The normalized spacial score (nSPS) is 10.7. The van der Waals surface area contributed by atoms with Crippen molar-refractivity contribution in [1.29, 1.82) is 0 Å². The minimum Gasteiger partial charge on any atom is -0.443 e. The highest BCUT2D eigenvalue weighted by atomic mass is 19.1. The Morgan fingerprint density at radius 2 is 2.00 bits per heavy atom. The van der Waals surface area contributed by atoms with Gasteiger partial charge in [-0.25, -0.2) is 18.6 Å². The number of esters is 1. The van der Waals surface area contributed by atoms with Crippen LogP contribution in [-0.4, -0.2) is 11.0 Å². The van der Waals surface area contributed by atoms with E-state index in [1.807, 2.05) is 0 Å². The number of ether oxygens (including phenoxy) is 1. The Morgan fingerprint density at radius 1 is 1.15 bits per heavy atom. The van der Waals surface area contributed by atoms with E-state index >= 15 is 0 Å². The van der Waals surface area contributed by atoms with Crippen LogP contribution in [0.1, 0.15) is 10.4 Å². The van der Waals surface area contributed by atoms with Crippen LogP contribution in [0.2, 0.25) is 0 Å². The van der Waals surface area contributed by atoms with Gasteiger partial charge in [-0.2, -0.15) is 0 Å². The van der Waals surface area contributed by atoms with Gasteiger partial charge in [-0.15, -0.1) is 0 Å². The molecule has 0 aliphatic carbocycles. The summed E-state index contributed by atoms with van der Waals surface area (Å²) < 4.78 is 36.5. The van der Waals surface area contributed by atoms with Crippen LogP contribution < -0.4 is 4.74 Å². The number of oxazole rings is 1. The van der Waals surface area contributed by atoms with Crippen molar-refractivity contribution in [1.82, 2.24) is 4.98 Å². The number of fused-ring (bicyclic) bond motifs is 1. The lowest BCUT2D eigenvalue weighted by Gasteiger charge is -2.05. The van der Waals surface area contributed by atoms with E-state index in [4.69, 9.17) is 9.15 Å². The Labute approximate surface area is 111 Å². The van der Waals surface area contributed by atoms with Gasteiger partial charge in [0, 0.05) is 6.07 Å². The first-order valence-electron chi connectivity index (χ1n) is 5.64. The highest BCUT2D eigenvalue weighted by molar-refractivity contribution is 5.91. The van der Waals surface area contributed by atoms with E-state index in [0.717, 1.165) is 18.2 Å². The zero-order chi connectivity index (χ0) is 14.1. The maximum atomic E-state index is 13.4. The second-order valence-corrected chi connectivity index (χ2v) is 4.00. The Hall–Kier alpha value is -2.76. The summed E-state index contributed by atoms with van der Waals surface area (Å²) in [6.07, 6.45) is 1.25. The van der Waals surface area contributed by atoms with Crippen LogP contribution in [-0.2, 0) is 0 Å². The fourth-order valence-corrected chi connectivity index (χ4v) is 1.72. The third kappa shape index (κ3) is 2.23. The quantitative estimate of drug-likeness (QED) is 0.531. The number of nitrogens with zero attached hydrogens (tertiary/aromatic N) is 1. The Kier molecular flexibility index (Phi) is 2.90. The van der Waals surface area contributed by atoms with E-state index in [0.29, 0.717) is 11.1 Å². The molecule has 6 heteroatoms. The summed E-state index contributed by atoms with van der Waals surface area (Å²) in [5.41, 5.74) is 0.557. The van der Waals surface area contributed by atoms with Crippen LogP contribution in [0, 0.1) is 11.6 Å². The molecule has 3 rings (SSSR count). The first kappa shape index (κ1) is 12.3. The minimum absolute atomic E-state index is 0.167. The summed E-state index contributed by atoms with van der Waals surface area (Å²) in [5.74, 6) is -2.38. The van der Waals surface area contributed by atoms with Crippen molar-refractivity contribution in [2.24, 2.45) is 0 Å². The minimum atomic E-state index is -0.982. The van der Waals surface area contributed by atoms with Gasteiger partial charge >= 0.3 is 5.97 Å². The maximum Gasteiger partial charge on any atom is 0.346 e. The van der Waals surface area contributed by atoms with Gasteiger partial charge in [-0.05, 0) is 30.3 Å². The summed E-state index contributed by atoms with van der Waals surface area (Å²) in [6.45, 7) is 0. The molecular formula is C14H7F2NO3. The van der Waals surface area contributed by atoms with E-state index in [-0.39, 0.29) is 5.75 Å². The standard InChI is InChI=1S/C14H7F2NO3/c15-8-1-3-11(16)10(5-8)14(18)20-9-2-4-13-12(6-9)17-7-19-13/h1-7H. The lowest BCUT2D eigenvalue weighted by molar-refractivity contribution is 0.0729. The molecule has 2 aromatic carbocycles. The number of hydrogen-bond acceptors (Lipinski definition) is 4. The van der Waals surface area contributed by atoms with Crippen LogP contribution in [0.15, 0.2) is 47.2 Å². The zero-order valence-corrected chi connectivity index (χ0v) is 9.97. The molecule has 0 atom stereocenters. The number of halogens is 2. The fourth-order valence-electron chi connectivity index (χ4n) is 1.72. The number of carbonyl (C=O) groups excluding carboxylic acids is 1. The third-order valence-corrected chi connectivity index (χ3v) is 2.66. The Morgan fingerprint density at radius 3 is 2.85 bits per heavy atom. The number of aromatic nitrogens is 1. The van der Waals surface area contributed by atoms with Gasteiger partial charge in [0.05, 0.1) is 5.56 Å². The molecule has 0 unspecified atom stereocenters. The van der Waals surface area contributed by atoms with Gasteiger partial charge in [0.2, 0.25) is 0 Å². The summed E-state index contributed by atoms with van der Waals surface area (Å²) in [5, 5.41) is 0. The highest BCUT2D eigenvalue weighted by Crippen LogP contribution is 2.21. The number of benzene rings is 2. The SMILES string of the molecule is O=C(Oc1ccc2ocnc2c1)c1cc(F)ccc1F. The van der Waals surface area contributed by atoms with Gasteiger partial charge in [0.25, 0.3) is 0 Å². The molecule has 0 radical (unpaired) electrons. The molecule has 0 fully saturated rings. The molecule has 0 aliphatic heterocycles. The van der Waals surface area contributed by atoms with Crippen molar-refractivity contribution < 1.29 is 22.7 Å². The van der Waals surface area contributed by atoms with Gasteiger partial charge in [-0.3, -0.25) is 0 Å². The van der Waals surface area contributed by atoms with Gasteiger partial charge in [-0.1, -0.05) is 0 Å². The molecule has 0 bridgehead atoms. The monoisotopic (exact) mass is 275 g/mol. The van der Waals surface area contributed by atoms with Crippen molar-refractivity contribution in [3.05, 3.63) is 60.0 Å². The lowest BCUT2D eigenvalue weighted by atomic mass is 10.2. The van der Waals surface area contributed by atoms with Crippen molar-refractivity contribution in [2.75, 3.05) is 0 Å². The largest absolute Gasteiger partial charge is 0.443 e. The van der Waals surface area contributed by atoms with Crippen molar-refractivity contribution in [3.63, 3.8) is 0 Å². The summed E-state index contributed by atoms with van der Waals surface area (Å²) in [4.78, 5) is 15.7. The van der Waals surface area contributed by atoms with Crippen LogP contribution in [0.3, 0.4) is 0 Å². The number of rotatable bonds is 2. The zero-order valence-electron chi connectivity index (χ0n) is 9.97. The third-order valence-electron chi connectivity index (χ3n) is 2.66. The topological polar surface area (TPSA) is 52.3 Å². The fraction of sp³-hybridized carbons (Fsp3) is 0. The summed E-state index contributed by atoms with van der Waals surface area (Å²) in [6, 6.07) is 7.08. The first-order chi connectivity index (χ1) is 9.63. The van der Waals surface area contributed by atoms with Crippen LogP contribution in [0.5, 0.6) is 5.75 Å². The van der Waals surface area contributed by atoms with Crippen molar-refractivity contribution in [2.45, 2.75) is 0 Å². The smallest absolute Gasteiger partial charge is 0.346 e. The molecule has 0 aliphatic rings. The van der Waals surface area contributed by atoms with E-state index in [1.165, 1.54) is 18.5 Å². The second-order valence-electron chi connectivity index (χ2n) is 4.00. The molecule has 0 saturated carbocycles. The predicted molar refractivity (Wildman–Crippen MR) is 65.3 cm³/mol. The summed E-state index contributed by atoms with van der Waals surface area (Å²) in [7, 11) is 0. The molecule has 20 heavy (non-hydrogen) atoms. The van der Waals surface area contributed by atoms with Crippen molar-refractivity contribution in [3.8, 4) is 5.75 Å². The molecule has 3 aromatic rings. The highest BCUT2D eigenvalue weighted by Gasteiger charge is 2.15. The Balaban J connectivity index is 1.89. The van der Waals surface area contributed by atoms with E-state index in [9.17, 15) is 13.6 Å². The lowest BCUT2D eigenvalue weighted by Crippen LogP contribution is -2.11. The predicted octanol–water partition coefficient (Wildman–Crippen LogP) is 3.33. The molecule has 0 amide bonds. The van der Waals surface area contributed by atoms with Crippen LogP contribution in [0.25, 0.3) is 11.1 Å². The molecule has 0 N–H and O–H groups in total. The molecule has 0 saturated heterocycles. The molecule has 4 nitrogen and oxygen atoms in total. The van der Waals surface area contributed by atoms with E-state index < -0.39 is 23.2 Å². The van der Waals surface area contributed by atoms with Crippen LogP contribution >= 0.6 is 0 Å². The molecule has 1 heterocycles. The molecular weight excluding hydrogens is 268 g/mol. The average Bonchev–Trinajstić information content (AvgIpc) is 2.89. The van der Waals surface area contributed by atoms with Crippen LogP contribution in [0.4, 0.5) is 8.78 Å². The number of carbonyl (C=O) groups is 1. The molecule has 0 spiro atoms. The van der Waals surface area contributed by atoms with E-state index in [2.05, 4.69) is 4.98 Å². The average molecular weight is 275 g/mol. The van der Waals surface area contributed by atoms with Gasteiger partial charge < -0.3 is 9.15 Å². The van der Waals surface area contributed by atoms with Gasteiger partial charge in [0.15, 0.2) is 12.0 Å². The van der Waals surface area contributed by atoms with Gasteiger partial charge in [0.1, 0.15) is 22.9 Å². The maximum absolute atomic E-state index is 13.4. The van der Waals surface area contributed by atoms with Crippen molar-refractivity contribution >= 4 is 17.1 Å². The Bertz CT molecular complexity index is 798. The summed E-state index contributed by atoms with van der Waals surface area (Å²) >= 11 is 0. The second kappa shape index (κ2) is 4.73. The number of hydrogen-bond donors (Lipinski definition) is 0. The molecule has 1 aromatic heterocycles. The first-order valence-corrected chi connectivity index (χ1v) is 5.64. The molecule has 100 valence electrons. The van der Waals surface area contributed by atoms with E-state index in [1.54, 1.807) is 6.07 Å².